The number of methoxy groups -OCH3 is 1. The third-order valence-corrected chi connectivity index (χ3v) is 5.30. The number of hydrogen-bond donors (Lipinski definition) is 0. The Morgan fingerprint density at radius 3 is 2.84 bits per heavy atom. The number of likely N-dealkylation sites (tertiary alicyclic amines) is 1. The van der Waals surface area contributed by atoms with Gasteiger partial charge in [0, 0.05) is 36.8 Å². The van der Waals surface area contributed by atoms with Crippen LogP contribution in [0.3, 0.4) is 0 Å². The fraction of sp³-hybridized carbons (Fsp3) is 0.579. The van der Waals surface area contributed by atoms with E-state index in [0.29, 0.717) is 5.92 Å². The first-order chi connectivity index (χ1) is 12.2. The first kappa shape index (κ1) is 16.4. The number of hydrogen-bond acceptors (Lipinski definition) is 5. The Bertz CT molecular complexity index is 708. The highest BCUT2D eigenvalue weighted by Crippen LogP contribution is 2.37. The van der Waals surface area contributed by atoms with E-state index in [-0.39, 0.29) is 6.10 Å². The van der Waals surface area contributed by atoms with Crippen LogP contribution >= 0.6 is 0 Å². The molecule has 0 amide bonds. The van der Waals surface area contributed by atoms with Gasteiger partial charge in [-0.05, 0) is 50.9 Å². The van der Waals surface area contributed by atoms with E-state index in [2.05, 4.69) is 34.3 Å². The van der Waals surface area contributed by atoms with E-state index in [1.165, 1.54) is 24.0 Å². The summed E-state index contributed by atoms with van der Waals surface area (Å²) in [5.74, 6) is 2.70. The van der Waals surface area contributed by atoms with Gasteiger partial charge in [-0.25, -0.2) is 0 Å². The number of ether oxygens (including phenoxy) is 2. The van der Waals surface area contributed by atoms with Crippen molar-refractivity contribution in [1.82, 2.24) is 19.9 Å². The van der Waals surface area contributed by atoms with E-state index in [1.54, 1.807) is 13.3 Å². The van der Waals surface area contributed by atoms with Gasteiger partial charge in [0.05, 0.1) is 13.3 Å². The van der Waals surface area contributed by atoms with Crippen molar-refractivity contribution >= 4 is 0 Å². The highest BCUT2D eigenvalue weighted by atomic mass is 16.5. The number of rotatable bonds is 5. The molecule has 6 nitrogen and oxygen atoms in total. The van der Waals surface area contributed by atoms with Crippen LogP contribution in [0.2, 0.25) is 0 Å². The molecule has 6 heteroatoms. The first-order valence-electron chi connectivity index (χ1n) is 9.14. The summed E-state index contributed by atoms with van der Waals surface area (Å²) in [5, 5.41) is 7.98. The molecule has 1 saturated heterocycles. The fourth-order valence-corrected chi connectivity index (χ4v) is 3.98. The maximum atomic E-state index is 6.07. The van der Waals surface area contributed by atoms with Crippen molar-refractivity contribution in [3.05, 3.63) is 35.7 Å². The standard InChI is InChI=1S/C19H26N4O2/c1-14-9-16-10-18(24-2)11-17(19(16)25-14)13-22-6-3-15(4-7-22)12-23-8-5-20-21-23/h5,8,10-11,14-15H,3-4,6-7,9,12-13H2,1-2H3. The Morgan fingerprint density at radius 2 is 2.12 bits per heavy atom. The highest BCUT2D eigenvalue weighted by molar-refractivity contribution is 5.49. The van der Waals surface area contributed by atoms with Gasteiger partial charge in [-0.1, -0.05) is 5.21 Å². The number of benzene rings is 1. The van der Waals surface area contributed by atoms with Gasteiger partial charge in [0.2, 0.25) is 0 Å². The van der Waals surface area contributed by atoms with Gasteiger partial charge < -0.3 is 9.47 Å². The van der Waals surface area contributed by atoms with Crippen molar-refractivity contribution < 1.29 is 9.47 Å². The van der Waals surface area contributed by atoms with Gasteiger partial charge >= 0.3 is 0 Å². The molecular formula is C19H26N4O2. The van der Waals surface area contributed by atoms with Gasteiger partial charge in [-0.15, -0.1) is 5.10 Å². The molecule has 4 rings (SSSR count). The van der Waals surface area contributed by atoms with Crippen molar-refractivity contribution in [3.8, 4) is 11.5 Å². The Labute approximate surface area is 148 Å². The van der Waals surface area contributed by atoms with Gasteiger partial charge in [-0.2, -0.15) is 0 Å². The van der Waals surface area contributed by atoms with Crippen LogP contribution < -0.4 is 9.47 Å². The van der Waals surface area contributed by atoms with E-state index in [1.807, 2.05) is 10.9 Å². The Kier molecular flexibility index (Phi) is 4.61. The quantitative estimate of drug-likeness (QED) is 0.836. The lowest BCUT2D eigenvalue weighted by Crippen LogP contribution is -2.34. The molecule has 0 aliphatic carbocycles. The summed E-state index contributed by atoms with van der Waals surface area (Å²) in [6, 6.07) is 4.26. The van der Waals surface area contributed by atoms with Crippen LogP contribution in [-0.4, -0.2) is 46.2 Å². The van der Waals surface area contributed by atoms with E-state index in [9.17, 15) is 0 Å². The predicted octanol–water partition coefficient (Wildman–Crippen LogP) is 2.52. The summed E-state index contributed by atoms with van der Waals surface area (Å²) in [7, 11) is 1.74. The number of nitrogens with zero attached hydrogens (tertiary/aromatic N) is 4. The molecule has 134 valence electrons. The molecule has 25 heavy (non-hydrogen) atoms. The fourth-order valence-electron chi connectivity index (χ4n) is 3.98. The Morgan fingerprint density at radius 1 is 1.28 bits per heavy atom. The molecular weight excluding hydrogens is 316 g/mol. The SMILES string of the molecule is COc1cc2c(c(CN3CCC(Cn4ccnn4)CC3)c1)OC(C)C2. The zero-order chi connectivity index (χ0) is 17.2. The topological polar surface area (TPSA) is 52.4 Å². The highest BCUT2D eigenvalue weighted by Gasteiger charge is 2.26. The minimum atomic E-state index is 0.259. The number of aromatic nitrogens is 3. The smallest absolute Gasteiger partial charge is 0.127 e. The zero-order valence-corrected chi connectivity index (χ0v) is 15.0. The van der Waals surface area contributed by atoms with Crippen molar-refractivity contribution in [2.24, 2.45) is 5.92 Å². The second kappa shape index (κ2) is 7.04. The minimum absolute atomic E-state index is 0.259. The van der Waals surface area contributed by atoms with Crippen LogP contribution in [0.4, 0.5) is 0 Å². The van der Waals surface area contributed by atoms with Crippen LogP contribution in [0.5, 0.6) is 11.5 Å². The van der Waals surface area contributed by atoms with Crippen LogP contribution in [0, 0.1) is 5.92 Å². The molecule has 0 bridgehead atoms. The minimum Gasteiger partial charge on any atom is -0.497 e. The average molecular weight is 342 g/mol. The summed E-state index contributed by atoms with van der Waals surface area (Å²) in [4.78, 5) is 2.53. The van der Waals surface area contributed by atoms with Crippen molar-refractivity contribution in [2.45, 2.75) is 45.4 Å². The van der Waals surface area contributed by atoms with Crippen molar-refractivity contribution in [1.29, 1.82) is 0 Å². The van der Waals surface area contributed by atoms with Crippen LogP contribution in [0.15, 0.2) is 24.5 Å². The predicted molar refractivity (Wildman–Crippen MR) is 94.8 cm³/mol. The Hall–Kier alpha value is -2.08. The summed E-state index contributed by atoms with van der Waals surface area (Å²) >= 11 is 0. The second-order valence-electron chi connectivity index (χ2n) is 7.25. The number of fused-ring (bicyclic) bond motifs is 1. The van der Waals surface area contributed by atoms with Crippen molar-refractivity contribution in [3.63, 3.8) is 0 Å². The lowest BCUT2D eigenvalue weighted by atomic mass is 9.96. The summed E-state index contributed by atoms with van der Waals surface area (Å²) < 4.78 is 13.5. The molecule has 0 spiro atoms. The maximum absolute atomic E-state index is 6.07. The molecule has 1 atom stereocenters. The third-order valence-electron chi connectivity index (χ3n) is 5.30. The van der Waals surface area contributed by atoms with Crippen LogP contribution in [-0.2, 0) is 19.5 Å². The molecule has 0 saturated carbocycles. The molecule has 1 unspecified atom stereocenters. The van der Waals surface area contributed by atoms with Gasteiger partial charge in [0.15, 0.2) is 0 Å². The second-order valence-corrected chi connectivity index (χ2v) is 7.25. The largest absolute Gasteiger partial charge is 0.497 e. The van der Waals surface area contributed by atoms with Gasteiger partial charge in [-0.3, -0.25) is 9.58 Å². The molecule has 1 fully saturated rings. The Balaban J connectivity index is 1.39. The molecule has 3 heterocycles. The number of piperidine rings is 1. The average Bonchev–Trinajstić information content (AvgIpc) is 3.25. The summed E-state index contributed by atoms with van der Waals surface area (Å²) in [6.07, 6.45) is 7.32. The molecule has 2 aliphatic heterocycles. The van der Waals surface area contributed by atoms with E-state index in [4.69, 9.17) is 9.47 Å². The van der Waals surface area contributed by atoms with Crippen molar-refractivity contribution in [2.75, 3.05) is 20.2 Å². The van der Waals surface area contributed by atoms with E-state index < -0.39 is 0 Å². The van der Waals surface area contributed by atoms with E-state index in [0.717, 1.165) is 44.1 Å². The summed E-state index contributed by atoms with van der Waals surface area (Å²) in [5.41, 5.74) is 2.54. The normalized spacial score (nSPS) is 21.1. The monoisotopic (exact) mass is 342 g/mol. The molecule has 1 aromatic heterocycles. The van der Waals surface area contributed by atoms with Gasteiger partial charge in [0.1, 0.15) is 17.6 Å². The molecule has 0 radical (unpaired) electrons. The van der Waals surface area contributed by atoms with E-state index >= 15 is 0 Å². The molecule has 2 aromatic rings. The molecule has 0 N–H and O–H groups in total. The van der Waals surface area contributed by atoms with Gasteiger partial charge in [0.25, 0.3) is 0 Å². The third kappa shape index (κ3) is 3.63. The summed E-state index contributed by atoms with van der Waals surface area (Å²) in [6.45, 7) is 6.26. The first-order valence-corrected chi connectivity index (χ1v) is 9.14. The lowest BCUT2D eigenvalue weighted by Gasteiger charge is -2.32. The van der Waals surface area contributed by atoms with Crippen LogP contribution in [0.25, 0.3) is 0 Å². The van der Waals surface area contributed by atoms with Crippen LogP contribution in [0.1, 0.15) is 30.9 Å². The molecule has 1 aromatic carbocycles. The lowest BCUT2D eigenvalue weighted by molar-refractivity contribution is 0.161. The zero-order valence-electron chi connectivity index (χ0n) is 15.0. The molecule has 2 aliphatic rings. The maximum Gasteiger partial charge on any atom is 0.127 e.